The molecule has 2 rings (SSSR count). The first-order valence-corrected chi connectivity index (χ1v) is 13.9. The topological polar surface area (TPSA) is 51.2 Å². The van der Waals surface area contributed by atoms with E-state index in [2.05, 4.69) is 26.8 Å². The molecule has 1 aromatic rings. The minimum absolute atomic E-state index is 0.0460. The molecule has 192 valence electrons. The Hall–Kier alpha value is -1.77. The van der Waals surface area contributed by atoms with Gasteiger partial charge in [0.1, 0.15) is 11.6 Å². The second-order valence-corrected chi connectivity index (χ2v) is 10.4. The molecule has 3 atom stereocenters. The highest BCUT2D eigenvalue weighted by Gasteiger charge is 2.32. The van der Waals surface area contributed by atoms with Gasteiger partial charge in [0.25, 0.3) is 0 Å². The smallest absolute Gasteiger partial charge is 0.163 e. The van der Waals surface area contributed by atoms with Crippen LogP contribution in [0.15, 0.2) is 18.2 Å². The number of fused-ring (bicyclic) bond motifs is 1. The van der Waals surface area contributed by atoms with Crippen LogP contribution in [-0.4, -0.2) is 17.3 Å². The number of Topliss-reactive ketones (excluding diaryl/α,β-unsaturated/α-hetero) is 3. The van der Waals surface area contributed by atoms with Crippen LogP contribution in [0.4, 0.5) is 0 Å². The molecule has 0 heterocycles. The van der Waals surface area contributed by atoms with Crippen LogP contribution in [0.2, 0.25) is 0 Å². The van der Waals surface area contributed by atoms with Crippen LogP contribution in [0.1, 0.15) is 133 Å². The Morgan fingerprint density at radius 2 is 1.59 bits per heavy atom. The normalized spacial score (nSPS) is 16.8. The van der Waals surface area contributed by atoms with Crippen molar-refractivity contribution in [1.29, 1.82) is 0 Å². The summed E-state index contributed by atoms with van der Waals surface area (Å²) in [6, 6.07) is 6.10. The van der Waals surface area contributed by atoms with E-state index in [0.29, 0.717) is 12.3 Å². The monoisotopic (exact) mass is 470 g/mol. The summed E-state index contributed by atoms with van der Waals surface area (Å²) in [5, 5.41) is 0. The van der Waals surface area contributed by atoms with Gasteiger partial charge in [-0.2, -0.15) is 0 Å². The van der Waals surface area contributed by atoms with Gasteiger partial charge < -0.3 is 0 Å². The summed E-state index contributed by atoms with van der Waals surface area (Å²) in [7, 11) is 0. The molecular formula is C31H50O3. The van der Waals surface area contributed by atoms with Crippen LogP contribution in [-0.2, 0) is 16.0 Å². The highest BCUT2D eigenvalue weighted by molar-refractivity contribution is 6.00. The summed E-state index contributed by atoms with van der Waals surface area (Å²) in [6.07, 6.45) is 13.7. The molecule has 0 amide bonds. The Morgan fingerprint density at radius 1 is 0.941 bits per heavy atom. The van der Waals surface area contributed by atoms with Crippen LogP contribution >= 0.6 is 0 Å². The number of hydrogen-bond acceptors (Lipinski definition) is 3. The first-order chi connectivity index (χ1) is 16.3. The standard InChI is InChI=1S/C23H32O3.C8H18/c1-5-8-18(20(6-2)21(25)11-16(4)24)12-17-13-19-10-7-9-15(3)23(19)22(26)14-17;1-3-5-7-8-6-4-2/h7,9-10,17-18,20H,5-6,8,11-14H2,1-4H3;3-8H2,1-2H3. The largest absolute Gasteiger partial charge is 0.300 e. The van der Waals surface area contributed by atoms with Crippen molar-refractivity contribution in [3.63, 3.8) is 0 Å². The van der Waals surface area contributed by atoms with E-state index in [4.69, 9.17) is 0 Å². The lowest BCUT2D eigenvalue weighted by Crippen LogP contribution is -2.29. The Balaban J connectivity index is 0.000000620. The van der Waals surface area contributed by atoms with Gasteiger partial charge in [0, 0.05) is 17.9 Å². The number of carbonyl (C=O) groups is 3. The van der Waals surface area contributed by atoms with Crippen LogP contribution in [0.5, 0.6) is 0 Å². The quantitative estimate of drug-likeness (QED) is 0.202. The zero-order valence-electron chi connectivity index (χ0n) is 22.9. The maximum atomic E-state index is 12.7. The number of ketones is 3. The van der Waals surface area contributed by atoms with Gasteiger partial charge in [0.15, 0.2) is 5.78 Å². The zero-order valence-corrected chi connectivity index (χ0v) is 22.9. The lowest BCUT2D eigenvalue weighted by molar-refractivity contribution is -0.129. The van der Waals surface area contributed by atoms with Crippen molar-refractivity contribution >= 4 is 17.3 Å². The van der Waals surface area contributed by atoms with Crippen LogP contribution in [0.3, 0.4) is 0 Å². The fraction of sp³-hybridized carbons (Fsp3) is 0.710. The van der Waals surface area contributed by atoms with E-state index in [1.165, 1.54) is 45.4 Å². The highest BCUT2D eigenvalue weighted by atomic mass is 16.1. The van der Waals surface area contributed by atoms with Gasteiger partial charge in [-0.1, -0.05) is 97.3 Å². The molecule has 0 aromatic heterocycles. The number of aryl methyl sites for hydroxylation is 1. The van der Waals surface area contributed by atoms with E-state index in [1.807, 2.05) is 26.0 Å². The summed E-state index contributed by atoms with van der Waals surface area (Å²) < 4.78 is 0. The summed E-state index contributed by atoms with van der Waals surface area (Å²) >= 11 is 0. The average molecular weight is 471 g/mol. The van der Waals surface area contributed by atoms with E-state index in [0.717, 1.165) is 48.8 Å². The van der Waals surface area contributed by atoms with Crippen LogP contribution < -0.4 is 0 Å². The number of hydrogen-bond donors (Lipinski definition) is 0. The van der Waals surface area contributed by atoms with E-state index < -0.39 is 0 Å². The van der Waals surface area contributed by atoms with Crippen molar-refractivity contribution in [3.05, 3.63) is 34.9 Å². The Bertz CT molecular complexity index is 758. The van der Waals surface area contributed by atoms with Gasteiger partial charge in [-0.05, 0) is 56.1 Å². The minimum Gasteiger partial charge on any atom is -0.300 e. The fourth-order valence-corrected chi connectivity index (χ4v) is 5.55. The van der Waals surface area contributed by atoms with Crippen molar-refractivity contribution in [2.75, 3.05) is 0 Å². The maximum Gasteiger partial charge on any atom is 0.163 e. The Morgan fingerprint density at radius 3 is 2.12 bits per heavy atom. The average Bonchev–Trinajstić information content (AvgIpc) is 2.77. The van der Waals surface area contributed by atoms with Gasteiger partial charge >= 0.3 is 0 Å². The first kappa shape index (κ1) is 30.3. The number of carbonyl (C=O) groups excluding carboxylic acids is 3. The fourth-order valence-electron chi connectivity index (χ4n) is 5.55. The van der Waals surface area contributed by atoms with E-state index in [9.17, 15) is 14.4 Å². The lowest BCUT2D eigenvalue weighted by atomic mass is 9.72. The zero-order chi connectivity index (χ0) is 25.5. The van der Waals surface area contributed by atoms with Crippen LogP contribution in [0.25, 0.3) is 0 Å². The van der Waals surface area contributed by atoms with Crippen LogP contribution in [0, 0.1) is 24.7 Å². The first-order valence-electron chi connectivity index (χ1n) is 13.9. The van der Waals surface area contributed by atoms with E-state index in [-0.39, 0.29) is 35.6 Å². The molecule has 0 radical (unpaired) electrons. The van der Waals surface area contributed by atoms with Crippen molar-refractivity contribution in [1.82, 2.24) is 0 Å². The predicted octanol–water partition coefficient (Wildman–Crippen LogP) is 8.49. The molecule has 1 aliphatic rings. The third kappa shape index (κ3) is 10.2. The molecule has 1 aliphatic carbocycles. The second kappa shape index (κ2) is 16.8. The lowest BCUT2D eigenvalue weighted by Gasteiger charge is -2.31. The Kier molecular flexibility index (Phi) is 14.9. The van der Waals surface area contributed by atoms with Crippen molar-refractivity contribution in [2.45, 2.75) is 125 Å². The molecular weight excluding hydrogens is 420 g/mol. The molecule has 34 heavy (non-hydrogen) atoms. The molecule has 0 fully saturated rings. The Labute approximate surface area is 209 Å². The van der Waals surface area contributed by atoms with E-state index in [1.54, 1.807) is 0 Å². The number of unbranched alkanes of at least 4 members (excludes halogenated alkanes) is 5. The predicted molar refractivity (Wildman–Crippen MR) is 143 cm³/mol. The number of rotatable bonds is 14. The molecule has 3 heteroatoms. The van der Waals surface area contributed by atoms with Gasteiger partial charge in [-0.15, -0.1) is 0 Å². The third-order valence-electron chi connectivity index (χ3n) is 7.22. The summed E-state index contributed by atoms with van der Waals surface area (Å²) in [6.45, 7) is 12.2. The molecule has 3 nitrogen and oxygen atoms in total. The molecule has 0 N–H and O–H groups in total. The molecule has 0 spiro atoms. The van der Waals surface area contributed by atoms with Gasteiger partial charge in [-0.3, -0.25) is 14.4 Å². The molecule has 1 aromatic carbocycles. The van der Waals surface area contributed by atoms with Crippen molar-refractivity contribution < 1.29 is 14.4 Å². The van der Waals surface area contributed by atoms with E-state index >= 15 is 0 Å². The van der Waals surface area contributed by atoms with Gasteiger partial charge in [-0.25, -0.2) is 0 Å². The summed E-state index contributed by atoms with van der Waals surface area (Å²) in [5.74, 6) is 0.770. The summed E-state index contributed by atoms with van der Waals surface area (Å²) in [4.78, 5) is 36.6. The van der Waals surface area contributed by atoms with Gasteiger partial charge in [0.05, 0.1) is 6.42 Å². The van der Waals surface area contributed by atoms with Gasteiger partial charge in [0.2, 0.25) is 0 Å². The third-order valence-corrected chi connectivity index (χ3v) is 7.22. The SMILES string of the molecule is CCCC(CC1CC(=O)c2c(C)cccc2C1)C(CC)C(=O)CC(C)=O.CCCCCCCC. The molecule has 0 aliphatic heterocycles. The summed E-state index contributed by atoms with van der Waals surface area (Å²) in [5.41, 5.74) is 3.14. The second-order valence-electron chi connectivity index (χ2n) is 10.4. The minimum atomic E-state index is -0.0622. The van der Waals surface area contributed by atoms with Crippen molar-refractivity contribution in [3.8, 4) is 0 Å². The molecule has 0 saturated carbocycles. The van der Waals surface area contributed by atoms with Crippen molar-refractivity contribution in [2.24, 2.45) is 17.8 Å². The molecule has 0 saturated heterocycles. The molecule has 3 unspecified atom stereocenters. The maximum absolute atomic E-state index is 12.7. The number of benzene rings is 1. The molecule has 0 bridgehead atoms. The highest BCUT2D eigenvalue weighted by Crippen LogP contribution is 2.36.